The van der Waals surface area contributed by atoms with Gasteiger partial charge in [0.05, 0.1) is 0 Å². The van der Waals surface area contributed by atoms with Gasteiger partial charge in [-0.1, -0.05) is 12.1 Å². The molecule has 2 rings (SSSR count). The molecule has 0 saturated heterocycles. The van der Waals surface area contributed by atoms with Gasteiger partial charge < -0.3 is 9.84 Å². The molecule has 6 heteroatoms. The number of hydrazone groups is 1. The van der Waals surface area contributed by atoms with Crippen LogP contribution < -0.4 is 0 Å². The Labute approximate surface area is 123 Å². The van der Waals surface area contributed by atoms with Gasteiger partial charge >= 0.3 is 6.09 Å². The molecule has 0 aliphatic carbocycles. The van der Waals surface area contributed by atoms with Crippen molar-refractivity contribution in [3.63, 3.8) is 0 Å². The van der Waals surface area contributed by atoms with Gasteiger partial charge in [-0.05, 0) is 39.8 Å². The van der Waals surface area contributed by atoms with E-state index < -0.39 is 23.2 Å². The second-order valence-corrected chi connectivity index (χ2v) is 6.13. The van der Waals surface area contributed by atoms with E-state index in [1.54, 1.807) is 27.7 Å². The van der Waals surface area contributed by atoms with Gasteiger partial charge in [0.25, 0.3) is 0 Å². The second-order valence-electron chi connectivity index (χ2n) is 6.13. The Morgan fingerprint density at radius 2 is 1.95 bits per heavy atom. The summed E-state index contributed by atoms with van der Waals surface area (Å²) in [7, 11) is 0. The highest BCUT2D eigenvalue weighted by Gasteiger charge is 2.46. The van der Waals surface area contributed by atoms with Crippen LogP contribution in [0.15, 0.2) is 29.4 Å². The molecule has 1 N–H and O–H groups in total. The Kier molecular flexibility index (Phi) is 3.76. The third kappa shape index (κ3) is 3.21. The Hall–Kier alpha value is -1.95. The molecule has 0 bridgehead atoms. The van der Waals surface area contributed by atoms with Crippen molar-refractivity contribution < 1.29 is 19.0 Å². The van der Waals surface area contributed by atoms with Crippen LogP contribution in [0.25, 0.3) is 0 Å². The Morgan fingerprint density at radius 3 is 2.48 bits per heavy atom. The number of halogens is 1. The number of hydrogen-bond acceptors (Lipinski definition) is 4. The number of aliphatic hydroxyl groups is 1. The zero-order valence-corrected chi connectivity index (χ0v) is 12.6. The van der Waals surface area contributed by atoms with Crippen LogP contribution in [0.4, 0.5) is 9.18 Å². The van der Waals surface area contributed by atoms with Crippen molar-refractivity contribution in [3.05, 3.63) is 35.6 Å². The van der Waals surface area contributed by atoms with Gasteiger partial charge in [0.2, 0.25) is 0 Å². The van der Waals surface area contributed by atoms with E-state index in [0.717, 1.165) is 5.01 Å². The van der Waals surface area contributed by atoms with Crippen molar-refractivity contribution in [1.82, 2.24) is 5.01 Å². The van der Waals surface area contributed by atoms with E-state index in [1.807, 2.05) is 0 Å². The summed E-state index contributed by atoms with van der Waals surface area (Å²) >= 11 is 0. The molecule has 1 aromatic rings. The summed E-state index contributed by atoms with van der Waals surface area (Å²) in [6.07, 6.45) is -0.594. The van der Waals surface area contributed by atoms with E-state index in [9.17, 15) is 14.3 Å². The number of benzene rings is 1. The molecule has 1 aliphatic heterocycles. The smallest absolute Gasteiger partial charge is 0.433 e. The molecular weight excluding hydrogens is 275 g/mol. The van der Waals surface area contributed by atoms with E-state index in [2.05, 4.69) is 5.10 Å². The summed E-state index contributed by atoms with van der Waals surface area (Å²) in [5.74, 6) is -0.415. The van der Waals surface area contributed by atoms with Gasteiger partial charge in [-0.2, -0.15) is 10.1 Å². The predicted octanol–water partition coefficient (Wildman–Crippen LogP) is 2.99. The lowest BCUT2D eigenvalue weighted by atomic mass is 9.98. The van der Waals surface area contributed by atoms with Gasteiger partial charge in [0.1, 0.15) is 11.4 Å². The number of nitrogens with zero attached hydrogens (tertiary/aromatic N) is 2. The highest BCUT2D eigenvalue weighted by atomic mass is 19.1. The molecule has 1 heterocycles. The van der Waals surface area contributed by atoms with Crippen LogP contribution in [0.1, 0.15) is 39.7 Å². The third-order valence-corrected chi connectivity index (χ3v) is 3.00. The summed E-state index contributed by atoms with van der Waals surface area (Å²) < 4.78 is 18.3. The fourth-order valence-electron chi connectivity index (χ4n) is 2.16. The predicted molar refractivity (Wildman–Crippen MR) is 76.1 cm³/mol. The van der Waals surface area contributed by atoms with Gasteiger partial charge in [-0.15, -0.1) is 0 Å². The topological polar surface area (TPSA) is 62.1 Å². The molecule has 0 spiro atoms. The van der Waals surface area contributed by atoms with Crippen molar-refractivity contribution in [2.75, 3.05) is 0 Å². The Bertz CT molecular complexity index is 578. The molecule has 0 saturated carbocycles. The number of carbonyl (C=O) groups excluding carboxylic acids is 1. The molecule has 0 aromatic heterocycles. The number of rotatable bonds is 1. The quantitative estimate of drug-likeness (QED) is 0.866. The van der Waals surface area contributed by atoms with Crippen molar-refractivity contribution in [2.45, 2.75) is 45.4 Å². The largest absolute Gasteiger partial charge is 0.442 e. The molecule has 0 unspecified atom stereocenters. The van der Waals surface area contributed by atoms with Crippen molar-refractivity contribution in [1.29, 1.82) is 0 Å². The molecular formula is C15H19FN2O3. The summed E-state index contributed by atoms with van der Waals surface area (Å²) in [4.78, 5) is 12.2. The van der Waals surface area contributed by atoms with Crippen LogP contribution in [-0.4, -0.2) is 27.5 Å². The molecule has 1 aliphatic rings. The van der Waals surface area contributed by atoms with Crippen LogP contribution in [0.2, 0.25) is 0 Å². The van der Waals surface area contributed by atoms with Crippen molar-refractivity contribution >= 4 is 11.8 Å². The highest BCUT2D eigenvalue weighted by Crippen LogP contribution is 2.36. The third-order valence-electron chi connectivity index (χ3n) is 3.00. The molecule has 0 radical (unpaired) electrons. The summed E-state index contributed by atoms with van der Waals surface area (Å²) in [5.41, 5.74) is -1.38. The molecule has 5 nitrogen and oxygen atoms in total. The SMILES string of the molecule is CC1=NN(C(=O)OC(C)(C)C)[C@@](O)(c2ccc(F)cc2)C1. The maximum atomic E-state index is 13.0. The van der Waals surface area contributed by atoms with Gasteiger partial charge in [0.15, 0.2) is 5.72 Å². The fraction of sp³-hybridized carbons (Fsp3) is 0.467. The fourth-order valence-corrected chi connectivity index (χ4v) is 2.16. The summed E-state index contributed by atoms with van der Waals surface area (Å²) in [5, 5.41) is 15.8. The molecule has 1 aromatic carbocycles. The van der Waals surface area contributed by atoms with E-state index in [1.165, 1.54) is 24.3 Å². The number of ether oxygens (including phenoxy) is 1. The van der Waals surface area contributed by atoms with E-state index >= 15 is 0 Å². The zero-order chi connectivity index (χ0) is 15.8. The van der Waals surface area contributed by atoms with Crippen LogP contribution in [0, 0.1) is 5.82 Å². The average Bonchev–Trinajstić information content (AvgIpc) is 2.64. The minimum Gasteiger partial charge on any atom is -0.442 e. The first kappa shape index (κ1) is 15.4. The first-order chi connectivity index (χ1) is 9.62. The average molecular weight is 294 g/mol. The Balaban J connectivity index is 2.33. The lowest BCUT2D eigenvalue weighted by Gasteiger charge is -2.32. The van der Waals surface area contributed by atoms with Gasteiger partial charge in [-0.25, -0.2) is 9.18 Å². The van der Waals surface area contributed by atoms with E-state index in [-0.39, 0.29) is 6.42 Å². The lowest BCUT2D eigenvalue weighted by Crippen LogP contribution is -2.45. The maximum Gasteiger partial charge on any atom is 0.433 e. The maximum absolute atomic E-state index is 13.0. The van der Waals surface area contributed by atoms with Crippen LogP contribution in [0.3, 0.4) is 0 Å². The molecule has 114 valence electrons. The molecule has 1 atom stereocenters. The van der Waals surface area contributed by atoms with Gasteiger partial charge in [-0.3, -0.25) is 0 Å². The standard InChI is InChI=1S/C15H19FN2O3/c1-10-9-15(20,11-5-7-12(16)8-6-11)18(17-10)13(19)21-14(2,3)4/h5-8,20H,9H2,1-4H3/t15-/m0/s1. The van der Waals surface area contributed by atoms with E-state index in [4.69, 9.17) is 4.74 Å². The van der Waals surface area contributed by atoms with Crippen molar-refractivity contribution in [2.24, 2.45) is 5.10 Å². The monoisotopic (exact) mass is 294 g/mol. The minimum atomic E-state index is -1.65. The number of hydrogen-bond donors (Lipinski definition) is 1. The van der Waals surface area contributed by atoms with Crippen molar-refractivity contribution in [3.8, 4) is 0 Å². The van der Waals surface area contributed by atoms with E-state index in [0.29, 0.717) is 11.3 Å². The van der Waals surface area contributed by atoms with Gasteiger partial charge in [0, 0.05) is 17.7 Å². The van der Waals surface area contributed by atoms with Crippen LogP contribution in [-0.2, 0) is 10.5 Å². The summed E-state index contributed by atoms with van der Waals surface area (Å²) in [6.45, 7) is 6.90. The summed E-state index contributed by atoms with van der Waals surface area (Å²) in [6, 6.07) is 5.32. The first-order valence-corrected chi connectivity index (χ1v) is 6.67. The minimum absolute atomic E-state index is 0.151. The van der Waals surface area contributed by atoms with Crippen LogP contribution in [0.5, 0.6) is 0 Å². The Morgan fingerprint density at radius 1 is 1.38 bits per heavy atom. The number of carbonyl (C=O) groups is 1. The first-order valence-electron chi connectivity index (χ1n) is 6.67. The second kappa shape index (κ2) is 5.11. The molecule has 1 amide bonds. The normalized spacial score (nSPS) is 22.2. The molecule has 21 heavy (non-hydrogen) atoms. The number of amides is 1. The highest BCUT2D eigenvalue weighted by molar-refractivity contribution is 5.87. The zero-order valence-electron chi connectivity index (χ0n) is 12.6. The molecule has 0 fully saturated rings. The van der Waals surface area contributed by atoms with Crippen LogP contribution >= 0.6 is 0 Å². The lowest BCUT2D eigenvalue weighted by molar-refractivity contribution is -0.0975.